The Morgan fingerprint density at radius 3 is 3.00 bits per heavy atom. The van der Waals surface area contributed by atoms with Crippen molar-refractivity contribution < 1.29 is 9.84 Å². The van der Waals surface area contributed by atoms with Crippen molar-refractivity contribution in [3.8, 4) is 5.75 Å². The largest absolute Gasteiger partial charge is 0.489 e. The Morgan fingerprint density at radius 1 is 1.44 bits per heavy atom. The molecule has 6 nitrogen and oxygen atoms in total. The molecule has 0 aliphatic rings. The highest BCUT2D eigenvalue weighted by Crippen LogP contribution is 2.25. The van der Waals surface area contributed by atoms with Gasteiger partial charge < -0.3 is 25.9 Å². The van der Waals surface area contributed by atoms with Gasteiger partial charge in [-0.05, 0) is 18.2 Å². The molecule has 2 aromatic rings. The third-order valence-electron chi connectivity index (χ3n) is 2.37. The molecule has 0 saturated carbocycles. The summed E-state index contributed by atoms with van der Waals surface area (Å²) in [4.78, 5) is 7.11. The van der Waals surface area contributed by atoms with Crippen molar-refractivity contribution >= 4 is 11.4 Å². The SMILES string of the molecule is Nc1cc(NCc2ncc[nH]2)ccc1OCCO. The van der Waals surface area contributed by atoms with Gasteiger partial charge in [0.15, 0.2) is 0 Å². The van der Waals surface area contributed by atoms with E-state index in [-0.39, 0.29) is 13.2 Å². The minimum absolute atomic E-state index is 0.0298. The van der Waals surface area contributed by atoms with Gasteiger partial charge in [0.2, 0.25) is 0 Å². The highest BCUT2D eigenvalue weighted by Gasteiger charge is 2.02. The topological polar surface area (TPSA) is 96.2 Å². The molecular formula is C12H16N4O2. The third kappa shape index (κ3) is 3.14. The molecule has 0 radical (unpaired) electrons. The molecule has 1 heterocycles. The molecule has 6 heteroatoms. The van der Waals surface area contributed by atoms with E-state index in [1.54, 1.807) is 24.5 Å². The van der Waals surface area contributed by atoms with Gasteiger partial charge in [0.25, 0.3) is 0 Å². The predicted molar refractivity (Wildman–Crippen MR) is 69.3 cm³/mol. The maximum Gasteiger partial charge on any atom is 0.142 e. The summed E-state index contributed by atoms with van der Waals surface area (Å²) in [5, 5.41) is 11.9. The van der Waals surface area contributed by atoms with E-state index < -0.39 is 0 Å². The van der Waals surface area contributed by atoms with Crippen LogP contribution in [0.25, 0.3) is 0 Å². The van der Waals surface area contributed by atoms with Crippen LogP contribution < -0.4 is 15.8 Å². The van der Waals surface area contributed by atoms with E-state index in [4.69, 9.17) is 15.6 Å². The fraction of sp³-hybridized carbons (Fsp3) is 0.250. The van der Waals surface area contributed by atoms with E-state index in [0.29, 0.717) is 18.0 Å². The zero-order chi connectivity index (χ0) is 12.8. The number of nitrogens with two attached hydrogens (primary N) is 1. The van der Waals surface area contributed by atoms with Crippen molar-refractivity contribution in [1.82, 2.24) is 9.97 Å². The second-order valence-corrected chi connectivity index (χ2v) is 3.71. The van der Waals surface area contributed by atoms with Crippen LogP contribution in [-0.4, -0.2) is 28.3 Å². The lowest BCUT2D eigenvalue weighted by atomic mass is 10.2. The number of anilines is 2. The van der Waals surface area contributed by atoms with Crippen molar-refractivity contribution in [2.75, 3.05) is 24.3 Å². The Balaban J connectivity index is 1.95. The van der Waals surface area contributed by atoms with Crippen molar-refractivity contribution in [2.45, 2.75) is 6.54 Å². The molecule has 0 aliphatic carbocycles. The van der Waals surface area contributed by atoms with Gasteiger partial charge in [-0.15, -0.1) is 0 Å². The number of hydrogen-bond donors (Lipinski definition) is 4. The molecule has 0 saturated heterocycles. The second-order valence-electron chi connectivity index (χ2n) is 3.71. The molecule has 0 bridgehead atoms. The molecule has 96 valence electrons. The van der Waals surface area contributed by atoms with Crippen LogP contribution in [0.15, 0.2) is 30.6 Å². The van der Waals surface area contributed by atoms with E-state index >= 15 is 0 Å². The number of nitrogen functional groups attached to an aromatic ring is 1. The molecule has 0 aliphatic heterocycles. The Morgan fingerprint density at radius 2 is 2.33 bits per heavy atom. The van der Waals surface area contributed by atoms with Crippen molar-refractivity contribution in [3.63, 3.8) is 0 Å². The number of aliphatic hydroxyl groups excluding tert-OH is 1. The van der Waals surface area contributed by atoms with Crippen LogP contribution in [0.1, 0.15) is 5.82 Å². The van der Waals surface area contributed by atoms with Crippen LogP contribution >= 0.6 is 0 Å². The van der Waals surface area contributed by atoms with Crippen LogP contribution in [-0.2, 0) is 6.54 Å². The number of ether oxygens (including phenoxy) is 1. The average Bonchev–Trinajstić information content (AvgIpc) is 2.88. The fourth-order valence-corrected chi connectivity index (χ4v) is 1.53. The number of nitrogens with zero attached hydrogens (tertiary/aromatic N) is 1. The van der Waals surface area contributed by atoms with Gasteiger partial charge in [-0.2, -0.15) is 0 Å². The smallest absolute Gasteiger partial charge is 0.142 e. The normalized spacial score (nSPS) is 10.3. The second kappa shape index (κ2) is 5.92. The fourth-order valence-electron chi connectivity index (χ4n) is 1.53. The van der Waals surface area contributed by atoms with Crippen molar-refractivity contribution in [3.05, 3.63) is 36.4 Å². The summed E-state index contributed by atoms with van der Waals surface area (Å²) < 4.78 is 5.27. The minimum atomic E-state index is -0.0298. The Labute approximate surface area is 105 Å². The summed E-state index contributed by atoms with van der Waals surface area (Å²) in [7, 11) is 0. The highest BCUT2D eigenvalue weighted by molar-refractivity contribution is 5.62. The van der Waals surface area contributed by atoms with E-state index in [1.807, 2.05) is 6.07 Å². The number of rotatable bonds is 6. The number of aliphatic hydroxyl groups is 1. The van der Waals surface area contributed by atoms with E-state index in [2.05, 4.69) is 15.3 Å². The number of nitrogens with one attached hydrogen (secondary N) is 2. The lowest BCUT2D eigenvalue weighted by molar-refractivity contribution is 0.202. The van der Waals surface area contributed by atoms with Gasteiger partial charge in [0.1, 0.15) is 18.2 Å². The first-order valence-corrected chi connectivity index (χ1v) is 5.65. The van der Waals surface area contributed by atoms with Crippen LogP contribution in [0.5, 0.6) is 5.75 Å². The van der Waals surface area contributed by atoms with Crippen LogP contribution in [0.4, 0.5) is 11.4 Å². The van der Waals surface area contributed by atoms with Crippen LogP contribution in [0, 0.1) is 0 Å². The predicted octanol–water partition coefficient (Wildman–Crippen LogP) is 0.975. The summed E-state index contributed by atoms with van der Waals surface area (Å²) >= 11 is 0. The first-order valence-electron chi connectivity index (χ1n) is 5.65. The average molecular weight is 248 g/mol. The molecule has 0 unspecified atom stereocenters. The van der Waals surface area contributed by atoms with Gasteiger partial charge in [0.05, 0.1) is 18.8 Å². The molecule has 5 N–H and O–H groups in total. The molecule has 2 rings (SSSR count). The molecule has 0 spiro atoms. The van der Waals surface area contributed by atoms with E-state index in [1.165, 1.54) is 0 Å². The summed E-state index contributed by atoms with van der Waals surface area (Å²) in [6.45, 7) is 0.810. The molecule has 0 amide bonds. The summed E-state index contributed by atoms with van der Waals surface area (Å²) in [6.07, 6.45) is 3.48. The maximum atomic E-state index is 8.67. The molecule has 1 aromatic carbocycles. The van der Waals surface area contributed by atoms with Gasteiger partial charge in [-0.25, -0.2) is 4.98 Å². The van der Waals surface area contributed by atoms with E-state index in [9.17, 15) is 0 Å². The summed E-state index contributed by atoms with van der Waals surface area (Å²) in [5.41, 5.74) is 7.27. The quantitative estimate of drug-likeness (QED) is 0.571. The van der Waals surface area contributed by atoms with Gasteiger partial charge in [-0.3, -0.25) is 0 Å². The minimum Gasteiger partial charge on any atom is -0.489 e. The molecule has 0 atom stereocenters. The third-order valence-corrected chi connectivity index (χ3v) is 2.37. The number of imidazole rings is 1. The van der Waals surface area contributed by atoms with Crippen LogP contribution in [0.3, 0.4) is 0 Å². The Hall–Kier alpha value is -2.21. The maximum absolute atomic E-state index is 8.67. The molecule has 0 fully saturated rings. The first kappa shape index (κ1) is 12.3. The lowest BCUT2D eigenvalue weighted by Gasteiger charge is -2.10. The van der Waals surface area contributed by atoms with Crippen molar-refractivity contribution in [2.24, 2.45) is 0 Å². The Kier molecular flexibility index (Phi) is 4.03. The number of H-pyrrole nitrogens is 1. The zero-order valence-electron chi connectivity index (χ0n) is 9.89. The van der Waals surface area contributed by atoms with Gasteiger partial charge in [0, 0.05) is 18.1 Å². The first-order chi connectivity index (χ1) is 8.79. The van der Waals surface area contributed by atoms with Crippen LogP contribution in [0.2, 0.25) is 0 Å². The monoisotopic (exact) mass is 248 g/mol. The number of aromatic amines is 1. The van der Waals surface area contributed by atoms with E-state index in [0.717, 1.165) is 11.5 Å². The number of benzene rings is 1. The molecule has 18 heavy (non-hydrogen) atoms. The molecular weight excluding hydrogens is 232 g/mol. The molecule has 1 aromatic heterocycles. The highest BCUT2D eigenvalue weighted by atomic mass is 16.5. The lowest BCUT2D eigenvalue weighted by Crippen LogP contribution is -2.05. The summed E-state index contributed by atoms with van der Waals surface area (Å²) in [5.74, 6) is 1.43. The number of hydrogen-bond acceptors (Lipinski definition) is 5. The number of aromatic nitrogens is 2. The van der Waals surface area contributed by atoms with Crippen molar-refractivity contribution in [1.29, 1.82) is 0 Å². The van der Waals surface area contributed by atoms with Gasteiger partial charge >= 0.3 is 0 Å². The summed E-state index contributed by atoms with van der Waals surface area (Å²) in [6, 6.07) is 5.43. The Bertz CT molecular complexity index is 485. The zero-order valence-corrected chi connectivity index (χ0v) is 9.89. The standard InChI is InChI=1S/C12H16N4O2/c13-10-7-9(1-2-11(10)18-6-5-17)16-8-12-14-3-4-15-12/h1-4,7,16-17H,5-6,8,13H2,(H,14,15). The van der Waals surface area contributed by atoms with Gasteiger partial charge in [-0.1, -0.05) is 0 Å².